The lowest BCUT2D eigenvalue weighted by molar-refractivity contribution is 0.0630. The summed E-state index contributed by atoms with van der Waals surface area (Å²) in [6.45, 7) is 0.110. The molecule has 0 spiro atoms. The molecule has 4 rings (SSSR count). The average Bonchev–Trinajstić information content (AvgIpc) is 2.97. The molecule has 1 aromatic heterocycles. The summed E-state index contributed by atoms with van der Waals surface area (Å²) in [6, 6.07) is 10.8. The van der Waals surface area contributed by atoms with Crippen molar-refractivity contribution in [2.75, 3.05) is 0 Å². The molecule has 0 unspecified atom stereocenters. The number of carboxylic acid groups (broad SMARTS) is 1. The Balaban J connectivity index is 1.86. The molecule has 0 aliphatic carbocycles. The topological polar surface area (TPSA) is 108 Å². The molecule has 2 heterocycles. The summed E-state index contributed by atoms with van der Waals surface area (Å²) in [7, 11) is 0. The lowest BCUT2D eigenvalue weighted by atomic mass is 10.1. The van der Waals surface area contributed by atoms with Crippen molar-refractivity contribution in [1.82, 2.24) is 9.88 Å². The SMILES string of the molecule is O=C(O)c1cc2cc(Cl)cc(C(=O)N3Cc4ccccc4C3=O)c2[nH]c1=O. The van der Waals surface area contributed by atoms with E-state index in [2.05, 4.69) is 4.98 Å². The number of nitrogens with zero attached hydrogens (tertiary/aromatic N) is 1. The van der Waals surface area contributed by atoms with Crippen LogP contribution in [0.2, 0.25) is 5.02 Å². The van der Waals surface area contributed by atoms with Crippen LogP contribution in [0, 0.1) is 0 Å². The quantitative estimate of drug-likeness (QED) is 0.662. The predicted octanol–water partition coefficient (Wildman–Crippen LogP) is 2.68. The van der Waals surface area contributed by atoms with E-state index in [4.69, 9.17) is 16.7 Å². The maximum Gasteiger partial charge on any atom is 0.341 e. The number of benzene rings is 2. The van der Waals surface area contributed by atoms with E-state index >= 15 is 0 Å². The van der Waals surface area contributed by atoms with Crippen LogP contribution in [0.15, 0.2) is 47.3 Å². The molecule has 134 valence electrons. The number of aromatic amines is 1. The summed E-state index contributed by atoms with van der Waals surface area (Å²) >= 11 is 6.08. The van der Waals surface area contributed by atoms with Crippen molar-refractivity contribution in [3.63, 3.8) is 0 Å². The number of amides is 2. The zero-order valence-electron chi connectivity index (χ0n) is 13.7. The molecule has 2 N–H and O–H groups in total. The molecule has 7 nitrogen and oxygen atoms in total. The minimum Gasteiger partial charge on any atom is -0.477 e. The van der Waals surface area contributed by atoms with E-state index in [1.54, 1.807) is 24.3 Å². The highest BCUT2D eigenvalue weighted by molar-refractivity contribution is 6.32. The maximum atomic E-state index is 13.0. The van der Waals surface area contributed by atoms with Crippen LogP contribution in [0.25, 0.3) is 10.9 Å². The smallest absolute Gasteiger partial charge is 0.341 e. The molecule has 0 saturated carbocycles. The van der Waals surface area contributed by atoms with E-state index in [0.29, 0.717) is 5.56 Å². The highest BCUT2D eigenvalue weighted by Crippen LogP contribution is 2.28. The Morgan fingerprint density at radius 3 is 2.52 bits per heavy atom. The highest BCUT2D eigenvalue weighted by atomic mass is 35.5. The van der Waals surface area contributed by atoms with Crippen LogP contribution >= 0.6 is 11.6 Å². The summed E-state index contributed by atoms with van der Waals surface area (Å²) < 4.78 is 0. The van der Waals surface area contributed by atoms with Gasteiger partial charge in [0.05, 0.1) is 17.6 Å². The number of hydrogen-bond acceptors (Lipinski definition) is 4. The summed E-state index contributed by atoms with van der Waals surface area (Å²) in [4.78, 5) is 52.3. The molecule has 0 bridgehead atoms. The lowest BCUT2D eigenvalue weighted by Crippen LogP contribution is -2.31. The molecule has 8 heteroatoms. The van der Waals surface area contributed by atoms with Crippen LogP contribution in [0.1, 0.15) is 36.6 Å². The third-order valence-electron chi connectivity index (χ3n) is 4.44. The molecule has 2 amide bonds. The molecule has 0 radical (unpaired) electrons. The van der Waals surface area contributed by atoms with E-state index in [1.165, 1.54) is 12.1 Å². The molecular weight excluding hydrogens is 372 g/mol. The van der Waals surface area contributed by atoms with Gasteiger partial charge in [0.1, 0.15) is 5.56 Å². The van der Waals surface area contributed by atoms with E-state index in [-0.39, 0.29) is 28.0 Å². The van der Waals surface area contributed by atoms with Gasteiger partial charge >= 0.3 is 5.97 Å². The number of imide groups is 1. The van der Waals surface area contributed by atoms with E-state index < -0.39 is 28.9 Å². The monoisotopic (exact) mass is 382 g/mol. The minimum atomic E-state index is -1.39. The second-order valence-electron chi connectivity index (χ2n) is 6.09. The van der Waals surface area contributed by atoms with Gasteiger partial charge in [-0.05, 0) is 29.8 Å². The summed E-state index contributed by atoms with van der Waals surface area (Å²) in [5, 5.41) is 9.57. The van der Waals surface area contributed by atoms with Crippen molar-refractivity contribution in [2.24, 2.45) is 0 Å². The number of hydrogen-bond donors (Lipinski definition) is 2. The van der Waals surface area contributed by atoms with Crippen LogP contribution in [0.4, 0.5) is 0 Å². The third-order valence-corrected chi connectivity index (χ3v) is 4.66. The molecule has 27 heavy (non-hydrogen) atoms. The Kier molecular flexibility index (Phi) is 3.82. The van der Waals surface area contributed by atoms with E-state index in [1.807, 2.05) is 0 Å². The normalized spacial score (nSPS) is 13.1. The number of pyridine rings is 1. The van der Waals surface area contributed by atoms with Gasteiger partial charge in [-0.15, -0.1) is 0 Å². The fourth-order valence-corrected chi connectivity index (χ4v) is 3.40. The molecule has 1 aliphatic heterocycles. The van der Waals surface area contributed by atoms with Crippen molar-refractivity contribution in [2.45, 2.75) is 6.54 Å². The Bertz CT molecular complexity index is 1210. The van der Waals surface area contributed by atoms with Crippen LogP contribution in [0.3, 0.4) is 0 Å². The van der Waals surface area contributed by atoms with Gasteiger partial charge in [-0.25, -0.2) is 4.79 Å². The molecule has 0 atom stereocenters. The Morgan fingerprint density at radius 1 is 1.07 bits per heavy atom. The molecule has 0 saturated heterocycles. The fraction of sp³-hybridized carbons (Fsp3) is 0.0526. The first-order valence-electron chi connectivity index (χ1n) is 7.91. The number of H-pyrrole nitrogens is 1. The van der Waals surface area contributed by atoms with Crippen molar-refractivity contribution in [3.8, 4) is 0 Å². The Morgan fingerprint density at radius 2 is 1.81 bits per heavy atom. The minimum absolute atomic E-state index is 0.0210. The number of rotatable bonds is 2. The number of aromatic carboxylic acids is 1. The number of fused-ring (bicyclic) bond motifs is 2. The largest absolute Gasteiger partial charge is 0.477 e. The van der Waals surface area contributed by atoms with Crippen molar-refractivity contribution >= 4 is 40.3 Å². The van der Waals surface area contributed by atoms with Crippen LogP contribution < -0.4 is 5.56 Å². The van der Waals surface area contributed by atoms with E-state index in [9.17, 15) is 19.2 Å². The van der Waals surface area contributed by atoms with Crippen molar-refractivity contribution < 1.29 is 19.5 Å². The first-order chi connectivity index (χ1) is 12.9. The number of carbonyl (C=O) groups excluding carboxylic acids is 2. The zero-order valence-corrected chi connectivity index (χ0v) is 14.4. The molecular formula is C19H11ClN2O5. The number of halogens is 1. The zero-order chi connectivity index (χ0) is 19.3. The van der Waals surface area contributed by atoms with Gasteiger partial charge in [0, 0.05) is 16.0 Å². The Hall–Kier alpha value is -3.45. The lowest BCUT2D eigenvalue weighted by Gasteiger charge is -2.15. The van der Waals surface area contributed by atoms with Crippen LogP contribution in [-0.2, 0) is 6.54 Å². The first kappa shape index (κ1) is 17.0. The number of nitrogens with one attached hydrogen (secondary N) is 1. The average molecular weight is 383 g/mol. The number of carboxylic acids is 1. The molecule has 2 aromatic carbocycles. The maximum absolute atomic E-state index is 13.0. The second kappa shape index (κ2) is 6.07. The first-order valence-corrected chi connectivity index (χ1v) is 8.28. The molecule has 1 aliphatic rings. The van der Waals surface area contributed by atoms with Crippen molar-refractivity contribution in [3.05, 3.63) is 80.1 Å². The Labute approximate surface area is 156 Å². The van der Waals surface area contributed by atoms with Crippen LogP contribution in [-0.4, -0.2) is 32.8 Å². The van der Waals surface area contributed by atoms with Gasteiger partial charge in [0.2, 0.25) is 0 Å². The van der Waals surface area contributed by atoms with Gasteiger partial charge in [0.15, 0.2) is 0 Å². The van der Waals surface area contributed by atoms with Gasteiger partial charge in [-0.2, -0.15) is 0 Å². The predicted molar refractivity (Wildman–Crippen MR) is 97.2 cm³/mol. The van der Waals surface area contributed by atoms with Gasteiger partial charge in [0.25, 0.3) is 17.4 Å². The highest BCUT2D eigenvalue weighted by Gasteiger charge is 2.33. The van der Waals surface area contributed by atoms with Crippen LogP contribution in [0.5, 0.6) is 0 Å². The van der Waals surface area contributed by atoms with Gasteiger partial charge in [-0.1, -0.05) is 29.8 Å². The second-order valence-corrected chi connectivity index (χ2v) is 6.52. The summed E-state index contributed by atoms with van der Waals surface area (Å²) in [5.74, 6) is -2.45. The standard InChI is InChI=1S/C19H11ClN2O5/c20-11-5-10-6-14(19(26)27)16(23)21-15(10)13(7-11)18(25)22-8-9-3-1-2-4-12(9)17(22)24/h1-7H,8H2,(H,21,23)(H,26,27). The van der Waals surface area contributed by atoms with Gasteiger partial charge in [-0.3, -0.25) is 19.3 Å². The van der Waals surface area contributed by atoms with Gasteiger partial charge < -0.3 is 10.1 Å². The fourth-order valence-electron chi connectivity index (χ4n) is 3.17. The van der Waals surface area contributed by atoms with E-state index in [0.717, 1.165) is 16.5 Å². The molecule has 3 aromatic rings. The number of aromatic nitrogens is 1. The summed E-state index contributed by atoms with van der Waals surface area (Å²) in [6.07, 6.45) is 0. The number of carbonyl (C=O) groups is 3. The summed E-state index contributed by atoms with van der Waals surface area (Å²) in [5.41, 5.74) is 0.00811. The molecule has 0 fully saturated rings. The third kappa shape index (κ3) is 2.69. The van der Waals surface area contributed by atoms with Crippen molar-refractivity contribution in [1.29, 1.82) is 0 Å².